The molecule has 0 radical (unpaired) electrons. The number of rotatable bonds is 3. The van der Waals surface area contributed by atoms with Gasteiger partial charge in [0.25, 0.3) is 5.69 Å². The molecule has 1 aromatic rings. The fourth-order valence-corrected chi connectivity index (χ4v) is 1.46. The quantitative estimate of drug-likeness (QED) is 0.603. The van der Waals surface area contributed by atoms with E-state index < -0.39 is 4.92 Å². The standard InChI is InChI=1S/C11H13ClN2O2/c1-8-4-5-10(14(15)16)9(11(8)12)6-7-13(2)3/h4-7H,1-3H3. The minimum absolute atomic E-state index is 0.0219. The van der Waals surface area contributed by atoms with Crippen LogP contribution in [0.1, 0.15) is 11.1 Å². The van der Waals surface area contributed by atoms with Gasteiger partial charge in [0.2, 0.25) is 0 Å². The average molecular weight is 241 g/mol. The van der Waals surface area contributed by atoms with Gasteiger partial charge in [-0.05, 0) is 24.8 Å². The van der Waals surface area contributed by atoms with Crippen LogP contribution in [0.4, 0.5) is 5.69 Å². The molecule has 0 saturated heterocycles. The molecule has 86 valence electrons. The summed E-state index contributed by atoms with van der Waals surface area (Å²) in [6.07, 6.45) is 3.38. The molecule has 0 amide bonds. The van der Waals surface area contributed by atoms with Gasteiger partial charge in [0.15, 0.2) is 0 Å². The van der Waals surface area contributed by atoms with Crippen LogP contribution in [0, 0.1) is 17.0 Å². The summed E-state index contributed by atoms with van der Waals surface area (Å²) in [5.74, 6) is 0. The third-order valence-electron chi connectivity index (χ3n) is 2.09. The van der Waals surface area contributed by atoms with Gasteiger partial charge < -0.3 is 4.90 Å². The molecule has 0 fully saturated rings. The molecule has 0 atom stereocenters. The number of halogens is 1. The Bertz CT molecular complexity index is 442. The van der Waals surface area contributed by atoms with E-state index in [9.17, 15) is 10.1 Å². The van der Waals surface area contributed by atoms with Crippen molar-refractivity contribution >= 4 is 23.4 Å². The van der Waals surface area contributed by atoms with Crippen LogP contribution in [-0.2, 0) is 0 Å². The highest BCUT2D eigenvalue weighted by molar-refractivity contribution is 6.33. The zero-order chi connectivity index (χ0) is 12.3. The van der Waals surface area contributed by atoms with Crippen molar-refractivity contribution < 1.29 is 4.92 Å². The number of nitro benzene ring substituents is 1. The lowest BCUT2D eigenvalue weighted by molar-refractivity contribution is -0.385. The third kappa shape index (κ3) is 2.73. The normalized spacial score (nSPS) is 10.8. The first kappa shape index (κ1) is 12.5. The zero-order valence-electron chi connectivity index (χ0n) is 9.40. The van der Waals surface area contributed by atoms with E-state index in [4.69, 9.17) is 11.6 Å². The van der Waals surface area contributed by atoms with Gasteiger partial charge in [-0.2, -0.15) is 0 Å². The fraction of sp³-hybridized carbons (Fsp3) is 0.273. The third-order valence-corrected chi connectivity index (χ3v) is 2.59. The smallest absolute Gasteiger partial charge is 0.278 e. The molecule has 0 N–H and O–H groups in total. The fourth-order valence-electron chi connectivity index (χ4n) is 1.23. The van der Waals surface area contributed by atoms with Crippen molar-refractivity contribution in [2.75, 3.05) is 14.1 Å². The minimum Gasteiger partial charge on any atom is -0.383 e. The number of hydrogen-bond acceptors (Lipinski definition) is 3. The summed E-state index contributed by atoms with van der Waals surface area (Å²) >= 11 is 6.05. The Kier molecular flexibility index (Phi) is 3.90. The Balaban J connectivity index is 3.32. The number of hydrogen-bond donors (Lipinski definition) is 0. The zero-order valence-corrected chi connectivity index (χ0v) is 10.2. The maximum absolute atomic E-state index is 10.8. The van der Waals surface area contributed by atoms with E-state index in [0.717, 1.165) is 5.56 Å². The van der Waals surface area contributed by atoms with E-state index >= 15 is 0 Å². The van der Waals surface area contributed by atoms with E-state index in [0.29, 0.717) is 10.6 Å². The minimum atomic E-state index is -0.430. The average Bonchev–Trinajstić information content (AvgIpc) is 2.19. The van der Waals surface area contributed by atoms with Gasteiger partial charge in [0.1, 0.15) is 0 Å². The Morgan fingerprint density at radius 3 is 2.56 bits per heavy atom. The van der Waals surface area contributed by atoms with Crippen molar-refractivity contribution in [1.29, 1.82) is 0 Å². The molecule has 0 saturated carbocycles. The Labute approximate surface area is 99.3 Å². The first-order valence-corrected chi connectivity index (χ1v) is 5.09. The predicted molar refractivity (Wildman–Crippen MR) is 65.6 cm³/mol. The van der Waals surface area contributed by atoms with Crippen molar-refractivity contribution in [2.45, 2.75) is 6.92 Å². The molecule has 1 aromatic carbocycles. The van der Waals surface area contributed by atoms with Gasteiger partial charge in [0.05, 0.1) is 15.5 Å². The van der Waals surface area contributed by atoms with Crippen LogP contribution in [0.3, 0.4) is 0 Å². The predicted octanol–water partition coefficient (Wildman–Crippen LogP) is 3.09. The SMILES string of the molecule is Cc1ccc([N+](=O)[O-])c(C=CN(C)C)c1Cl. The van der Waals surface area contributed by atoms with Crippen LogP contribution in [-0.4, -0.2) is 23.9 Å². The van der Waals surface area contributed by atoms with E-state index in [2.05, 4.69) is 0 Å². The second-order valence-electron chi connectivity index (χ2n) is 3.67. The molecule has 0 aliphatic rings. The lowest BCUT2D eigenvalue weighted by atomic mass is 10.1. The van der Waals surface area contributed by atoms with Gasteiger partial charge in [-0.3, -0.25) is 10.1 Å². The van der Waals surface area contributed by atoms with E-state index in [1.807, 2.05) is 21.0 Å². The van der Waals surface area contributed by atoms with Crippen LogP contribution in [0.15, 0.2) is 18.3 Å². The number of benzene rings is 1. The van der Waals surface area contributed by atoms with Crippen LogP contribution in [0.25, 0.3) is 6.08 Å². The number of nitro groups is 1. The van der Waals surface area contributed by atoms with Crippen molar-refractivity contribution in [3.05, 3.63) is 44.6 Å². The molecule has 1 rings (SSSR count). The summed E-state index contributed by atoms with van der Waals surface area (Å²) in [5.41, 5.74) is 1.29. The maximum atomic E-state index is 10.8. The molecule has 0 heterocycles. The van der Waals surface area contributed by atoms with E-state index in [1.165, 1.54) is 6.07 Å². The lowest BCUT2D eigenvalue weighted by Gasteiger charge is -2.06. The highest BCUT2D eigenvalue weighted by Gasteiger charge is 2.15. The van der Waals surface area contributed by atoms with Gasteiger partial charge in [-0.15, -0.1) is 0 Å². The van der Waals surface area contributed by atoms with E-state index in [-0.39, 0.29) is 5.69 Å². The summed E-state index contributed by atoms with van der Waals surface area (Å²) in [4.78, 5) is 12.2. The molecular formula is C11H13ClN2O2. The summed E-state index contributed by atoms with van der Waals surface area (Å²) in [7, 11) is 3.68. The van der Waals surface area contributed by atoms with Gasteiger partial charge in [0, 0.05) is 20.2 Å². The summed E-state index contributed by atoms with van der Waals surface area (Å²) < 4.78 is 0. The van der Waals surface area contributed by atoms with Crippen LogP contribution >= 0.6 is 11.6 Å². The number of nitrogens with zero attached hydrogens (tertiary/aromatic N) is 2. The second kappa shape index (κ2) is 4.99. The molecule has 4 nitrogen and oxygen atoms in total. The molecule has 0 spiro atoms. The molecular weight excluding hydrogens is 228 g/mol. The topological polar surface area (TPSA) is 46.4 Å². The first-order chi connectivity index (χ1) is 7.43. The van der Waals surface area contributed by atoms with Crippen molar-refractivity contribution in [3.8, 4) is 0 Å². The van der Waals surface area contributed by atoms with Gasteiger partial charge in [-0.1, -0.05) is 17.7 Å². The summed E-state index contributed by atoms with van der Waals surface area (Å²) in [5, 5.41) is 11.3. The molecule has 0 aromatic heterocycles. The van der Waals surface area contributed by atoms with Crippen LogP contribution in [0.2, 0.25) is 5.02 Å². The van der Waals surface area contributed by atoms with Crippen LogP contribution in [0.5, 0.6) is 0 Å². The number of aryl methyl sites for hydroxylation is 1. The van der Waals surface area contributed by atoms with E-state index in [1.54, 1.807) is 23.2 Å². The highest BCUT2D eigenvalue weighted by atomic mass is 35.5. The molecule has 0 aliphatic heterocycles. The van der Waals surface area contributed by atoms with Crippen LogP contribution < -0.4 is 0 Å². The Hall–Kier alpha value is -1.55. The molecule has 0 unspecified atom stereocenters. The molecule has 5 heteroatoms. The van der Waals surface area contributed by atoms with Crippen molar-refractivity contribution in [3.63, 3.8) is 0 Å². The van der Waals surface area contributed by atoms with Crippen molar-refractivity contribution in [1.82, 2.24) is 4.90 Å². The molecule has 16 heavy (non-hydrogen) atoms. The van der Waals surface area contributed by atoms with Gasteiger partial charge in [-0.25, -0.2) is 0 Å². The second-order valence-corrected chi connectivity index (χ2v) is 4.04. The van der Waals surface area contributed by atoms with Gasteiger partial charge >= 0.3 is 0 Å². The maximum Gasteiger partial charge on any atom is 0.278 e. The summed E-state index contributed by atoms with van der Waals surface area (Å²) in [6.45, 7) is 1.82. The summed E-state index contributed by atoms with van der Waals surface area (Å²) in [6, 6.07) is 3.12. The largest absolute Gasteiger partial charge is 0.383 e. The highest BCUT2D eigenvalue weighted by Crippen LogP contribution is 2.30. The Morgan fingerprint density at radius 2 is 2.06 bits per heavy atom. The molecule has 0 bridgehead atoms. The first-order valence-electron chi connectivity index (χ1n) is 4.71. The Morgan fingerprint density at radius 1 is 1.44 bits per heavy atom. The lowest BCUT2D eigenvalue weighted by Crippen LogP contribution is -2.00. The molecule has 0 aliphatic carbocycles. The van der Waals surface area contributed by atoms with Crippen molar-refractivity contribution in [2.24, 2.45) is 0 Å². The monoisotopic (exact) mass is 240 g/mol.